The standard InChI is InChI=1S/C13H16ClN3O2/c14-11-8-15-7-5-10(11)13(19)16-6-1-2-12(18)17-9-3-4-9/h5,7-9H,1-4,6H2,(H,16,19)(H,17,18). The van der Waals surface area contributed by atoms with Crippen LogP contribution in [0, 0.1) is 0 Å². The SMILES string of the molecule is O=C(CCCNC(=O)c1ccncc1Cl)NC1CC1. The van der Waals surface area contributed by atoms with Gasteiger partial charge in [0, 0.05) is 31.4 Å². The summed E-state index contributed by atoms with van der Waals surface area (Å²) in [6.07, 6.45) is 6.17. The minimum Gasteiger partial charge on any atom is -0.353 e. The lowest BCUT2D eigenvalue weighted by molar-refractivity contribution is -0.121. The van der Waals surface area contributed by atoms with Gasteiger partial charge in [-0.1, -0.05) is 11.6 Å². The maximum atomic E-state index is 11.8. The molecule has 0 radical (unpaired) electrons. The molecule has 2 amide bonds. The Morgan fingerprint density at radius 3 is 2.89 bits per heavy atom. The van der Waals surface area contributed by atoms with E-state index in [2.05, 4.69) is 15.6 Å². The first-order valence-electron chi connectivity index (χ1n) is 6.34. The molecule has 5 nitrogen and oxygen atoms in total. The first-order valence-corrected chi connectivity index (χ1v) is 6.71. The highest BCUT2D eigenvalue weighted by Crippen LogP contribution is 2.18. The Morgan fingerprint density at radius 1 is 1.42 bits per heavy atom. The van der Waals surface area contributed by atoms with E-state index in [0.717, 1.165) is 12.8 Å². The van der Waals surface area contributed by atoms with Crippen molar-refractivity contribution in [3.63, 3.8) is 0 Å². The van der Waals surface area contributed by atoms with Gasteiger partial charge in [-0.25, -0.2) is 0 Å². The summed E-state index contributed by atoms with van der Waals surface area (Å²) in [5, 5.41) is 5.96. The quantitative estimate of drug-likeness (QED) is 0.777. The zero-order valence-electron chi connectivity index (χ0n) is 10.5. The van der Waals surface area contributed by atoms with Gasteiger partial charge >= 0.3 is 0 Å². The van der Waals surface area contributed by atoms with Gasteiger partial charge in [0.05, 0.1) is 10.6 Å². The fourth-order valence-electron chi connectivity index (χ4n) is 1.63. The Bertz CT molecular complexity index is 475. The van der Waals surface area contributed by atoms with E-state index >= 15 is 0 Å². The molecule has 1 saturated carbocycles. The van der Waals surface area contributed by atoms with Crippen LogP contribution in [-0.4, -0.2) is 29.4 Å². The Kier molecular flexibility index (Phi) is 4.74. The van der Waals surface area contributed by atoms with Crippen LogP contribution in [0.3, 0.4) is 0 Å². The van der Waals surface area contributed by atoms with Gasteiger partial charge < -0.3 is 10.6 Å². The van der Waals surface area contributed by atoms with E-state index in [1.807, 2.05) is 0 Å². The Hall–Kier alpha value is -1.62. The highest BCUT2D eigenvalue weighted by molar-refractivity contribution is 6.33. The van der Waals surface area contributed by atoms with E-state index in [9.17, 15) is 9.59 Å². The van der Waals surface area contributed by atoms with E-state index < -0.39 is 0 Å². The summed E-state index contributed by atoms with van der Waals surface area (Å²) in [5.74, 6) is -0.186. The van der Waals surface area contributed by atoms with Gasteiger partial charge in [-0.15, -0.1) is 0 Å². The van der Waals surface area contributed by atoms with Crippen molar-refractivity contribution in [3.05, 3.63) is 29.0 Å². The third kappa shape index (κ3) is 4.52. The lowest BCUT2D eigenvalue weighted by Gasteiger charge is -2.06. The Balaban J connectivity index is 1.66. The Morgan fingerprint density at radius 2 is 2.21 bits per heavy atom. The van der Waals surface area contributed by atoms with E-state index in [1.54, 1.807) is 6.07 Å². The highest BCUT2D eigenvalue weighted by Gasteiger charge is 2.22. The second kappa shape index (κ2) is 6.52. The Labute approximate surface area is 116 Å². The van der Waals surface area contributed by atoms with Crippen LogP contribution < -0.4 is 10.6 Å². The van der Waals surface area contributed by atoms with Crippen LogP contribution in [0.2, 0.25) is 5.02 Å². The van der Waals surface area contributed by atoms with Crippen molar-refractivity contribution in [2.24, 2.45) is 0 Å². The number of nitrogens with zero attached hydrogens (tertiary/aromatic N) is 1. The van der Waals surface area contributed by atoms with Crippen LogP contribution in [0.25, 0.3) is 0 Å². The van der Waals surface area contributed by atoms with E-state index in [0.29, 0.717) is 36.0 Å². The van der Waals surface area contributed by atoms with E-state index in [-0.39, 0.29) is 11.8 Å². The molecule has 0 atom stereocenters. The number of hydrogen-bond donors (Lipinski definition) is 2. The molecule has 0 aromatic carbocycles. The summed E-state index contributed by atoms with van der Waals surface area (Å²) in [5.41, 5.74) is 0.402. The molecule has 6 heteroatoms. The number of carbonyl (C=O) groups excluding carboxylic acids is 2. The van der Waals surface area contributed by atoms with Crippen LogP contribution >= 0.6 is 11.6 Å². The fraction of sp³-hybridized carbons (Fsp3) is 0.462. The molecule has 0 bridgehead atoms. The minimum absolute atomic E-state index is 0.0543. The molecule has 1 aromatic heterocycles. The zero-order chi connectivity index (χ0) is 13.7. The van der Waals surface area contributed by atoms with Gasteiger partial charge in [0.1, 0.15) is 0 Å². The van der Waals surface area contributed by atoms with Crippen LogP contribution in [0.5, 0.6) is 0 Å². The predicted molar refractivity (Wildman–Crippen MR) is 72.0 cm³/mol. The molecule has 0 unspecified atom stereocenters. The van der Waals surface area contributed by atoms with Crippen LogP contribution in [0.1, 0.15) is 36.0 Å². The van der Waals surface area contributed by atoms with Crippen molar-refractivity contribution in [1.29, 1.82) is 0 Å². The van der Waals surface area contributed by atoms with Crippen molar-refractivity contribution >= 4 is 23.4 Å². The number of hydrogen-bond acceptors (Lipinski definition) is 3. The molecule has 102 valence electrons. The van der Waals surface area contributed by atoms with E-state index in [4.69, 9.17) is 11.6 Å². The number of halogens is 1. The van der Waals surface area contributed by atoms with Gasteiger partial charge in [-0.3, -0.25) is 14.6 Å². The predicted octanol–water partition coefficient (Wildman–Crippen LogP) is 1.52. The molecular weight excluding hydrogens is 266 g/mol. The number of aromatic nitrogens is 1. The van der Waals surface area contributed by atoms with Gasteiger partial charge in [-0.2, -0.15) is 0 Å². The molecule has 1 aromatic rings. The monoisotopic (exact) mass is 281 g/mol. The number of amides is 2. The molecule has 19 heavy (non-hydrogen) atoms. The van der Waals surface area contributed by atoms with Crippen LogP contribution in [0.4, 0.5) is 0 Å². The zero-order valence-corrected chi connectivity index (χ0v) is 11.2. The summed E-state index contributed by atoms with van der Waals surface area (Å²) in [7, 11) is 0. The second-order valence-corrected chi connectivity index (χ2v) is 4.96. The molecule has 0 aliphatic heterocycles. The topological polar surface area (TPSA) is 71.1 Å². The number of carbonyl (C=O) groups is 2. The summed E-state index contributed by atoms with van der Waals surface area (Å²) in [6, 6.07) is 1.95. The first kappa shape index (κ1) is 13.8. The average Bonchev–Trinajstić information content (AvgIpc) is 3.19. The van der Waals surface area contributed by atoms with Crippen LogP contribution in [0.15, 0.2) is 18.5 Å². The maximum absolute atomic E-state index is 11.8. The van der Waals surface area contributed by atoms with Crippen molar-refractivity contribution in [1.82, 2.24) is 15.6 Å². The van der Waals surface area contributed by atoms with Crippen molar-refractivity contribution in [3.8, 4) is 0 Å². The highest BCUT2D eigenvalue weighted by atomic mass is 35.5. The fourth-order valence-corrected chi connectivity index (χ4v) is 1.84. The molecule has 1 aliphatic carbocycles. The molecule has 1 aliphatic rings. The van der Waals surface area contributed by atoms with Crippen molar-refractivity contribution in [2.45, 2.75) is 31.7 Å². The van der Waals surface area contributed by atoms with Crippen LogP contribution in [-0.2, 0) is 4.79 Å². The number of pyridine rings is 1. The van der Waals surface area contributed by atoms with Crippen molar-refractivity contribution < 1.29 is 9.59 Å². The number of nitrogens with one attached hydrogen (secondary N) is 2. The van der Waals surface area contributed by atoms with Gasteiger partial charge in [0.15, 0.2) is 0 Å². The summed E-state index contributed by atoms with van der Waals surface area (Å²) in [6.45, 7) is 0.454. The molecule has 2 N–H and O–H groups in total. The maximum Gasteiger partial charge on any atom is 0.252 e. The van der Waals surface area contributed by atoms with Gasteiger partial charge in [-0.05, 0) is 25.3 Å². The lowest BCUT2D eigenvalue weighted by Crippen LogP contribution is -2.28. The summed E-state index contributed by atoms with van der Waals surface area (Å²) < 4.78 is 0. The largest absolute Gasteiger partial charge is 0.353 e. The van der Waals surface area contributed by atoms with Crippen molar-refractivity contribution in [2.75, 3.05) is 6.54 Å². The van der Waals surface area contributed by atoms with Gasteiger partial charge in [0.25, 0.3) is 5.91 Å². The first-order chi connectivity index (χ1) is 9.16. The van der Waals surface area contributed by atoms with E-state index in [1.165, 1.54) is 12.4 Å². The average molecular weight is 282 g/mol. The number of rotatable bonds is 6. The third-order valence-electron chi connectivity index (χ3n) is 2.83. The van der Waals surface area contributed by atoms with Gasteiger partial charge in [0.2, 0.25) is 5.91 Å². The second-order valence-electron chi connectivity index (χ2n) is 4.56. The molecule has 0 spiro atoms. The summed E-state index contributed by atoms with van der Waals surface area (Å²) in [4.78, 5) is 27.0. The normalized spacial score (nSPS) is 13.9. The molecule has 2 rings (SSSR count). The minimum atomic E-state index is -0.241. The molecule has 1 heterocycles. The lowest BCUT2D eigenvalue weighted by atomic mass is 10.2. The molecule has 1 fully saturated rings. The molecular formula is C13H16ClN3O2. The third-order valence-corrected chi connectivity index (χ3v) is 3.13. The smallest absolute Gasteiger partial charge is 0.252 e. The summed E-state index contributed by atoms with van der Waals surface area (Å²) >= 11 is 5.86. The molecule has 0 saturated heterocycles.